The third-order valence-corrected chi connectivity index (χ3v) is 3.30. The summed E-state index contributed by atoms with van der Waals surface area (Å²) in [5, 5.41) is 0.923. The zero-order chi connectivity index (χ0) is 14.8. The van der Waals surface area contributed by atoms with Crippen LogP contribution in [0.3, 0.4) is 0 Å². The van der Waals surface area contributed by atoms with E-state index in [1.54, 1.807) is 6.26 Å². The monoisotopic (exact) mass is 281 g/mol. The second-order valence-corrected chi connectivity index (χ2v) is 4.63. The van der Waals surface area contributed by atoms with Crippen LogP contribution in [-0.2, 0) is 0 Å². The number of benzene rings is 1. The summed E-state index contributed by atoms with van der Waals surface area (Å²) < 4.78 is 10.6. The molecule has 0 atom stereocenters. The van der Waals surface area contributed by atoms with Crippen LogP contribution in [0.2, 0.25) is 0 Å². The van der Waals surface area contributed by atoms with Gasteiger partial charge in [0.25, 0.3) is 0 Å². The van der Waals surface area contributed by atoms with Crippen LogP contribution in [0.1, 0.15) is 5.56 Å². The largest absolute Gasteiger partial charge is 0.466 e. The second-order valence-electron chi connectivity index (χ2n) is 4.63. The standard InChI is InChI=1S/C16H15N3O2/c1-4-20-13-7-5-12(6-8-13)19(3)15-14-11(2)9-21-16(14)18-10-17-15/h4-10H,1H2,2-3H3. The molecule has 106 valence electrons. The summed E-state index contributed by atoms with van der Waals surface area (Å²) in [4.78, 5) is 10.5. The molecule has 1 aromatic carbocycles. The highest BCUT2D eigenvalue weighted by Crippen LogP contribution is 2.31. The number of fused-ring (bicyclic) bond motifs is 1. The molecule has 0 radical (unpaired) electrons. The first-order valence-corrected chi connectivity index (χ1v) is 6.51. The van der Waals surface area contributed by atoms with Crippen LogP contribution in [0, 0.1) is 6.92 Å². The number of hydrogen-bond acceptors (Lipinski definition) is 5. The van der Waals surface area contributed by atoms with E-state index in [-0.39, 0.29) is 0 Å². The Kier molecular flexibility index (Phi) is 3.31. The molecular formula is C16H15N3O2. The Balaban J connectivity index is 2.01. The molecule has 0 aliphatic heterocycles. The van der Waals surface area contributed by atoms with Gasteiger partial charge < -0.3 is 14.1 Å². The zero-order valence-corrected chi connectivity index (χ0v) is 11.9. The van der Waals surface area contributed by atoms with Gasteiger partial charge in [-0.3, -0.25) is 0 Å². The third kappa shape index (κ3) is 2.33. The first-order chi connectivity index (χ1) is 10.2. The van der Waals surface area contributed by atoms with Crippen molar-refractivity contribution in [2.75, 3.05) is 11.9 Å². The highest BCUT2D eigenvalue weighted by molar-refractivity contribution is 5.91. The van der Waals surface area contributed by atoms with Crippen LogP contribution in [0.5, 0.6) is 5.75 Å². The van der Waals surface area contributed by atoms with E-state index in [1.165, 1.54) is 12.6 Å². The normalized spacial score (nSPS) is 10.6. The van der Waals surface area contributed by atoms with Gasteiger partial charge in [-0.05, 0) is 31.2 Å². The van der Waals surface area contributed by atoms with Gasteiger partial charge >= 0.3 is 0 Å². The number of nitrogens with zero attached hydrogens (tertiary/aromatic N) is 3. The number of furan rings is 1. The lowest BCUT2D eigenvalue weighted by atomic mass is 10.2. The Morgan fingerprint density at radius 2 is 2.00 bits per heavy atom. The molecule has 0 fully saturated rings. The highest BCUT2D eigenvalue weighted by Gasteiger charge is 2.14. The maximum atomic E-state index is 5.42. The molecule has 0 spiro atoms. The van der Waals surface area contributed by atoms with Crippen LogP contribution in [0.25, 0.3) is 11.1 Å². The molecular weight excluding hydrogens is 266 g/mol. The fraction of sp³-hybridized carbons (Fsp3) is 0.125. The van der Waals surface area contributed by atoms with E-state index in [2.05, 4.69) is 16.5 Å². The smallest absolute Gasteiger partial charge is 0.231 e. The molecule has 3 aromatic rings. The fourth-order valence-corrected chi connectivity index (χ4v) is 2.22. The second kappa shape index (κ2) is 5.28. The molecule has 0 aliphatic carbocycles. The SMILES string of the molecule is C=COc1ccc(N(C)c2ncnc3occ(C)c23)cc1. The first-order valence-electron chi connectivity index (χ1n) is 6.51. The third-order valence-electron chi connectivity index (χ3n) is 3.30. The van der Waals surface area contributed by atoms with Crippen molar-refractivity contribution in [1.82, 2.24) is 9.97 Å². The van der Waals surface area contributed by atoms with Gasteiger partial charge in [0.15, 0.2) is 0 Å². The van der Waals surface area contributed by atoms with Crippen molar-refractivity contribution in [3.8, 4) is 5.75 Å². The predicted octanol–water partition coefficient (Wildman–Crippen LogP) is 3.82. The quantitative estimate of drug-likeness (QED) is 0.680. The summed E-state index contributed by atoms with van der Waals surface area (Å²) >= 11 is 0. The van der Waals surface area contributed by atoms with Crippen LogP contribution >= 0.6 is 0 Å². The molecule has 0 aliphatic rings. The van der Waals surface area contributed by atoms with Gasteiger partial charge in [-0.25, -0.2) is 9.97 Å². The molecule has 5 heteroatoms. The van der Waals surface area contributed by atoms with Gasteiger partial charge in [-0.2, -0.15) is 0 Å². The van der Waals surface area contributed by atoms with E-state index in [9.17, 15) is 0 Å². The van der Waals surface area contributed by atoms with E-state index in [0.29, 0.717) is 5.71 Å². The van der Waals surface area contributed by atoms with Crippen LogP contribution in [-0.4, -0.2) is 17.0 Å². The minimum absolute atomic E-state index is 0.593. The van der Waals surface area contributed by atoms with Crippen molar-refractivity contribution >= 4 is 22.6 Å². The predicted molar refractivity (Wildman–Crippen MR) is 81.9 cm³/mol. The lowest BCUT2D eigenvalue weighted by molar-refractivity contribution is 0.483. The van der Waals surface area contributed by atoms with E-state index >= 15 is 0 Å². The molecule has 3 rings (SSSR count). The number of ether oxygens (including phenoxy) is 1. The van der Waals surface area contributed by atoms with E-state index < -0.39 is 0 Å². The molecule has 0 unspecified atom stereocenters. The Morgan fingerprint density at radius 3 is 2.71 bits per heavy atom. The number of anilines is 2. The van der Waals surface area contributed by atoms with Crippen molar-refractivity contribution in [3.05, 3.63) is 55.3 Å². The highest BCUT2D eigenvalue weighted by atomic mass is 16.5. The molecule has 0 saturated carbocycles. The molecule has 0 bridgehead atoms. The lowest BCUT2D eigenvalue weighted by Crippen LogP contribution is -2.11. The van der Waals surface area contributed by atoms with E-state index in [1.807, 2.05) is 43.1 Å². The van der Waals surface area contributed by atoms with Gasteiger partial charge in [0.2, 0.25) is 5.71 Å². The number of aryl methyl sites for hydroxylation is 1. The number of aromatic nitrogens is 2. The van der Waals surface area contributed by atoms with Crippen LogP contribution in [0.15, 0.2) is 54.1 Å². The summed E-state index contributed by atoms with van der Waals surface area (Å²) in [6.07, 6.45) is 4.60. The van der Waals surface area contributed by atoms with Crippen molar-refractivity contribution in [2.45, 2.75) is 6.92 Å². The van der Waals surface area contributed by atoms with E-state index in [0.717, 1.165) is 28.2 Å². The molecule has 21 heavy (non-hydrogen) atoms. The van der Waals surface area contributed by atoms with Gasteiger partial charge in [0.1, 0.15) is 17.9 Å². The minimum atomic E-state index is 0.593. The van der Waals surface area contributed by atoms with Gasteiger partial charge in [0.05, 0.1) is 17.9 Å². The van der Waals surface area contributed by atoms with Crippen molar-refractivity contribution in [2.24, 2.45) is 0 Å². The van der Waals surface area contributed by atoms with Crippen molar-refractivity contribution in [1.29, 1.82) is 0 Å². The molecule has 2 heterocycles. The Bertz CT molecular complexity index is 778. The number of hydrogen-bond donors (Lipinski definition) is 0. The van der Waals surface area contributed by atoms with Gasteiger partial charge in [-0.15, -0.1) is 0 Å². The lowest BCUT2D eigenvalue weighted by Gasteiger charge is -2.19. The first kappa shape index (κ1) is 13.2. The molecule has 2 aromatic heterocycles. The minimum Gasteiger partial charge on any atom is -0.466 e. The van der Waals surface area contributed by atoms with Crippen LogP contribution in [0.4, 0.5) is 11.5 Å². The topological polar surface area (TPSA) is 51.4 Å². The molecule has 5 nitrogen and oxygen atoms in total. The van der Waals surface area contributed by atoms with Gasteiger partial charge in [-0.1, -0.05) is 6.58 Å². The average Bonchev–Trinajstić information content (AvgIpc) is 2.89. The Morgan fingerprint density at radius 1 is 1.24 bits per heavy atom. The van der Waals surface area contributed by atoms with Crippen molar-refractivity contribution in [3.63, 3.8) is 0 Å². The summed E-state index contributed by atoms with van der Waals surface area (Å²) in [6, 6.07) is 7.69. The number of rotatable bonds is 4. The van der Waals surface area contributed by atoms with Crippen LogP contribution < -0.4 is 9.64 Å². The maximum Gasteiger partial charge on any atom is 0.231 e. The molecule has 0 saturated heterocycles. The summed E-state index contributed by atoms with van der Waals surface area (Å²) in [7, 11) is 1.96. The summed E-state index contributed by atoms with van der Waals surface area (Å²) in [5.74, 6) is 1.55. The zero-order valence-electron chi connectivity index (χ0n) is 11.9. The average molecular weight is 281 g/mol. The summed E-state index contributed by atoms with van der Waals surface area (Å²) in [6.45, 7) is 5.52. The molecule has 0 amide bonds. The fourth-order valence-electron chi connectivity index (χ4n) is 2.22. The molecule has 0 N–H and O–H groups in total. The Hall–Kier alpha value is -2.82. The van der Waals surface area contributed by atoms with Gasteiger partial charge in [0, 0.05) is 18.3 Å². The maximum absolute atomic E-state index is 5.42. The van der Waals surface area contributed by atoms with E-state index in [4.69, 9.17) is 9.15 Å². The summed E-state index contributed by atoms with van der Waals surface area (Å²) in [5.41, 5.74) is 2.60. The van der Waals surface area contributed by atoms with Crippen molar-refractivity contribution < 1.29 is 9.15 Å². The Labute approximate surface area is 122 Å².